The van der Waals surface area contributed by atoms with Crippen molar-refractivity contribution >= 4 is 22.4 Å². The van der Waals surface area contributed by atoms with Crippen LogP contribution in [0.25, 0.3) is 0 Å². The number of amides is 1. The first-order valence-corrected chi connectivity index (χ1v) is 7.08. The van der Waals surface area contributed by atoms with Gasteiger partial charge in [0, 0.05) is 6.54 Å². The number of anilines is 1. The summed E-state index contributed by atoms with van der Waals surface area (Å²) in [5.41, 5.74) is 5.68. The van der Waals surface area contributed by atoms with E-state index in [1.807, 2.05) is 0 Å². The molecule has 1 amide bonds. The van der Waals surface area contributed by atoms with Gasteiger partial charge in [0.25, 0.3) is 0 Å². The maximum absolute atomic E-state index is 12.8. The number of rotatable bonds is 5. The first-order valence-electron chi connectivity index (χ1n) is 5.76. The number of carbonyl (C=O) groups is 1. The normalized spacial score (nSPS) is 16.3. The topological polar surface area (TPSA) is 72.2 Å². The van der Waals surface area contributed by atoms with Crippen LogP contribution in [-0.4, -0.2) is 22.4 Å². The highest BCUT2D eigenvalue weighted by Gasteiger charge is 2.22. The third-order valence-electron chi connectivity index (χ3n) is 2.76. The molecule has 0 saturated heterocycles. The number of nitrogens with two attached hydrogens (primary N) is 1. The van der Waals surface area contributed by atoms with Crippen molar-refractivity contribution in [3.05, 3.63) is 24.0 Å². The van der Waals surface area contributed by atoms with Crippen LogP contribution in [0.1, 0.15) is 12.8 Å². The lowest BCUT2D eigenvalue weighted by molar-refractivity contribution is -0.118. The van der Waals surface area contributed by atoms with Gasteiger partial charge in [-0.3, -0.25) is 9.00 Å². The quantitative estimate of drug-likeness (QED) is 0.785. The van der Waals surface area contributed by atoms with Crippen LogP contribution in [0, 0.1) is 11.7 Å². The predicted molar refractivity (Wildman–Crippen MR) is 67.8 cm³/mol. The fourth-order valence-electron chi connectivity index (χ4n) is 1.55. The number of hydrogen-bond donors (Lipinski definition) is 2. The summed E-state index contributed by atoms with van der Waals surface area (Å²) in [6, 6.07) is 3.65. The minimum atomic E-state index is -1.53. The number of nitrogen functional groups attached to an aromatic ring is 1. The van der Waals surface area contributed by atoms with Gasteiger partial charge in [-0.05, 0) is 37.0 Å². The number of halogens is 1. The molecular weight excluding hydrogens is 255 g/mol. The van der Waals surface area contributed by atoms with E-state index in [2.05, 4.69) is 5.32 Å². The second-order valence-electron chi connectivity index (χ2n) is 4.42. The standard InChI is InChI=1S/C12H15FN2O2S/c13-9-3-4-11(10(14)5-9)18(17)7-12(16)15-6-8-1-2-8/h3-5,8H,1-2,6-7,14H2,(H,15,16). The van der Waals surface area contributed by atoms with Gasteiger partial charge in [0.15, 0.2) is 0 Å². The molecule has 0 bridgehead atoms. The second kappa shape index (κ2) is 5.48. The van der Waals surface area contributed by atoms with E-state index in [1.165, 1.54) is 12.1 Å². The van der Waals surface area contributed by atoms with E-state index in [-0.39, 0.29) is 17.3 Å². The Morgan fingerprint density at radius 2 is 2.22 bits per heavy atom. The zero-order chi connectivity index (χ0) is 13.1. The Balaban J connectivity index is 1.91. The monoisotopic (exact) mass is 270 g/mol. The molecule has 0 spiro atoms. The van der Waals surface area contributed by atoms with E-state index in [9.17, 15) is 13.4 Å². The summed E-state index contributed by atoms with van der Waals surface area (Å²) in [5.74, 6) is -0.295. The van der Waals surface area contributed by atoms with Gasteiger partial charge < -0.3 is 11.1 Å². The molecule has 3 N–H and O–H groups in total. The minimum absolute atomic E-state index is 0.114. The van der Waals surface area contributed by atoms with Crippen molar-refractivity contribution in [1.29, 1.82) is 0 Å². The molecule has 1 saturated carbocycles. The van der Waals surface area contributed by atoms with Gasteiger partial charge in [-0.1, -0.05) is 0 Å². The van der Waals surface area contributed by atoms with Gasteiger partial charge in [0.05, 0.1) is 21.4 Å². The van der Waals surface area contributed by atoms with Gasteiger partial charge >= 0.3 is 0 Å². The van der Waals surface area contributed by atoms with E-state index in [1.54, 1.807) is 0 Å². The maximum atomic E-state index is 12.8. The zero-order valence-electron chi connectivity index (χ0n) is 9.82. The Morgan fingerprint density at radius 1 is 1.50 bits per heavy atom. The first kappa shape index (κ1) is 13.0. The maximum Gasteiger partial charge on any atom is 0.233 e. The molecule has 98 valence electrons. The summed E-state index contributed by atoms with van der Waals surface area (Å²) in [6.07, 6.45) is 2.29. The Bertz CT molecular complexity index is 489. The number of hydrogen-bond acceptors (Lipinski definition) is 3. The third-order valence-corrected chi connectivity index (χ3v) is 4.15. The third kappa shape index (κ3) is 3.53. The fourth-order valence-corrected chi connectivity index (χ4v) is 2.59. The molecule has 0 aromatic heterocycles. The Kier molecular flexibility index (Phi) is 3.96. The molecule has 1 atom stereocenters. The lowest BCUT2D eigenvalue weighted by Gasteiger charge is -2.06. The summed E-state index contributed by atoms with van der Waals surface area (Å²) in [7, 11) is -1.53. The number of benzene rings is 1. The van der Waals surface area contributed by atoms with Crippen LogP contribution in [0.5, 0.6) is 0 Å². The van der Waals surface area contributed by atoms with Crippen molar-refractivity contribution in [2.75, 3.05) is 18.0 Å². The predicted octanol–water partition coefficient (Wildman–Crippen LogP) is 1.04. The van der Waals surface area contributed by atoms with Crippen LogP contribution < -0.4 is 11.1 Å². The number of carbonyl (C=O) groups excluding carboxylic acids is 1. The van der Waals surface area contributed by atoms with Crippen molar-refractivity contribution in [3.8, 4) is 0 Å². The highest BCUT2D eigenvalue weighted by molar-refractivity contribution is 7.86. The van der Waals surface area contributed by atoms with E-state index < -0.39 is 16.6 Å². The molecule has 1 unspecified atom stereocenters. The fraction of sp³-hybridized carbons (Fsp3) is 0.417. The van der Waals surface area contributed by atoms with Gasteiger partial charge in [0.1, 0.15) is 11.6 Å². The van der Waals surface area contributed by atoms with Crippen LogP contribution in [0.4, 0.5) is 10.1 Å². The highest BCUT2D eigenvalue weighted by Crippen LogP contribution is 2.27. The van der Waals surface area contributed by atoms with Crippen LogP contribution in [0.3, 0.4) is 0 Å². The molecule has 0 heterocycles. The molecule has 18 heavy (non-hydrogen) atoms. The molecular formula is C12H15FN2O2S. The summed E-state index contributed by atoms with van der Waals surface area (Å²) in [5, 5.41) is 2.73. The second-order valence-corrected chi connectivity index (χ2v) is 5.84. The molecule has 6 heteroatoms. The molecule has 1 aliphatic rings. The minimum Gasteiger partial charge on any atom is -0.398 e. The van der Waals surface area contributed by atoms with E-state index >= 15 is 0 Å². The SMILES string of the molecule is Nc1cc(F)ccc1S(=O)CC(=O)NCC1CC1. The van der Waals surface area contributed by atoms with Gasteiger partial charge in [-0.2, -0.15) is 0 Å². The van der Waals surface area contributed by atoms with Gasteiger partial charge in [-0.15, -0.1) is 0 Å². The molecule has 4 nitrogen and oxygen atoms in total. The zero-order valence-corrected chi connectivity index (χ0v) is 10.6. The van der Waals surface area contributed by atoms with Crippen molar-refractivity contribution < 1.29 is 13.4 Å². The molecule has 1 aromatic carbocycles. The lowest BCUT2D eigenvalue weighted by Crippen LogP contribution is -2.30. The van der Waals surface area contributed by atoms with Crippen LogP contribution in [-0.2, 0) is 15.6 Å². The summed E-state index contributed by atoms with van der Waals surface area (Å²) in [4.78, 5) is 11.8. The average molecular weight is 270 g/mol. The summed E-state index contributed by atoms with van der Waals surface area (Å²) in [6.45, 7) is 0.648. The van der Waals surface area contributed by atoms with Gasteiger partial charge in [0.2, 0.25) is 5.91 Å². The van der Waals surface area contributed by atoms with E-state index in [4.69, 9.17) is 5.73 Å². The summed E-state index contributed by atoms with van der Waals surface area (Å²) < 4.78 is 24.7. The Morgan fingerprint density at radius 3 is 2.83 bits per heavy atom. The molecule has 1 aliphatic carbocycles. The van der Waals surface area contributed by atoms with Gasteiger partial charge in [-0.25, -0.2) is 4.39 Å². The molecule has 0 radical (unpaired) electrons. The molecule has 2 rings (SSSR count). The molecule has 0 aliphatic heterocycles. The van der Waals surface area contributed by atoms with Crippen LogP contribution in [0.15, 0.2) is 23.1 Å². The average Bonchev–Trinajstić information content (AvgIpc) is 3.09. The van der Waals surface area contributed by atoms with E-state index in [0.29, 0.717) is 17.4 Å². The van der Waals surface area contributed by atoms with E-state index in [0.717, 1.165) is 18.9 Å². The Hall–Kier alpha value is -1.43. The molecule has 1 fully saturated rings. The van der Waals surface area contributed by atoms with Crippen molar-refractivity contribution in [2.45, 2.75) is 17.7 Å². The summed E-state index contributed by atoms with van der Waals surface area (Å²) >= 11 is 0. The largest absolute Gasteiger partial charge is 0.398 e. The van der Waals surface area contributed by atoms with Crippen molar-refractivity contribution in [1.82, 2.24) is 5.32 Å². The van der Waals surface area contributed by atoms with Crippen LogP contribution in [0.2, 0.25) is 0 Å². The number of nitrogens with one attached hydrogen (secondary N) is 1. The van der Waals surface area contributed by atoms with Crippen molar-refractivity contribution in [3.63, 3.8) is 0 Å². The lowest BCUT2D eigenvalue weighted by atomic mass is 10.3. The Labute approximate surface area is 107 Å². The smallest absolute Gasteiger partial charge is 0.233 e. The molecule has 1 aromatic rings. The highest BCUT2D eigenvalue weighted by atomic mass is 32.2. The first-order chi connectivity index (χ1) is 8.56. The van der Waals surface area contributed by atoms with Crippen LogP contribution >= 0.6 is 0 Å². The van der Waals surface area contributed by atoms with Crippen molar-refractivity contribution in [2.24, 2.45) is 5.92 Å².